The molecule has 0 saturated carbocycles. The van der Waals surface area contributed by atoms with Crippen LogP contribution in [0.4, 0.5) is 0 Å². The van der Waals surface area contributed by atoms with E-state index >= 15 is 0 Å². The molecule has 0 aliphatic heterocycles. The Labute approximate surface area is 234 Å². The molecule has 6 rings (SSSR count). The molecule has 0 bridgehead atoms. The Bertz CT molecular complexity index is 1730. The number of rotatable bonds is 8. The number of hydrogen-bond acceptors (Lipinski definition) is 4. The molecule has 6 aromatic rings. The monoisotopic (exact) mass is 523 g/mol. The van der Waals surface area contributed by atoms with Crippen LogP contribution in [0.3, 0.4) is 0 Å². The van der Waals surface area contributed by atoms with Crippen LogP contribution in [0.15, 0.2) is 140 Å². The van der Waals surface area contributed by atoms with Crippen LogP contribution in [0.2, 0.25) is 0 Å². The number of benzene rings is 5. The van der Waals surface area contributed by atoms with Crippen LogP contribution in [0, 0.1) is 0 Å². The van der Waals surface area contributed by atoms with Gasteiger partial charge in [0.15, 0.2) is 0 Å². The van der Waals surface area contributed by atoms with Crippen molar-refractivity contribution in [1.29, 1.82) is 0 Å². The van der Waals surface area contributed by atoms with Crippen molar-refractivity contribution in [2.75, 3.05) is 14.2 Å². The van der Waals surface area contributed by atoms with E-state index in [9.17, 15) is 0 Å². The molecular weight excluding hydrogens is 494 g/mol. The first-order valence-corrected chi connectivity index (χ1v) is 13.2. The summed E-state index contributed by atoms with van der Waals surface area (Å²) < 4.78 is 18.9. The molecule has 0 N–H and O–H groups in total. The van der Waals surface area contributed by atoms with Gasteiger partial charge in [0.05, 0.1) is 11.3 Å². The lowest BCUT2D eigenvalue weighted by molar-refractivity contribution is -0.184. The number of nitrogens with zero attached hydrogens (tertiary/aromatic N) is 1. The third-order valence-corrected chi connectivity index (χ3v) is 7.16. The minimum Gasteiger partial charge on any atom is -0.438 e. The van der Waals surface area contributed by atoms with Gasteiger partial charge in [-0.15, -0.1) is 0 Å². The van der Waals surface area contributed by atoms with E-state index in [1.807, 2.05) is 84.9 Å². The summed E-state index contributed by atoms with van der Waals surface area (Å²) in [6, 6.07) is 46.5. The number of hydrogen-bond donors (Lipinski definition) is 0. The van der Waals surface area contributed by atoms with E-state index in [2.05, 4.69) is 54.6 Å². The maximum absolute atomic E-state index is 6.74. The Hall–Kier alpha value is -4.77. The van der Waals surface area contributed by atoms with Crippen molar-refractivity contribution >= 4 is 10.8 Å². The molecule has 4 nitrogen and oxygen atoms in total. The van der Waals surface area contributed by atoms with Crippen molar-refractivity contribution < 1.29 is 14.2 Å². The zero-order valence-electron chi connectivity index (χ0n) is 22.5. The van der Waals surface area contributed by atoms with Gasteiger partial charge in [-0.25, -0.2) is 4.98 Å². The molecule has 0 amide bonds. The van der Waals surface area contributed by atoms with E-state index in [0.717, 1.165) is 44.3 Å². The molecule has 0 radical (unpaired) electrons. The molecule has 0 unspecified atom stereocenters. The standard InChI is InChI=1S/C36H29NO3/c1-38-36(39-2,28-20-10-5-11-21-28)31-24-14-15-25-32(31)40-35-30-23-13-12-22-29(30)33(26-16-6-3-7-17-26)34(37-35)27-18-8-4-9-19-27/h3-25H,1-2H3. The van der Waals surface area contributed by atoms with Crippen LogP contribution in [0.1, 0.15) is 11.1 Å². The van der Waals surface area contributed by atoms with E-state index in [-0.39, 0.29) is 0 Å². The largest absolute Gasteiger partial charge is 0.438 e. The van der Waals surface area contributed by atoms with Crippen molar-refractivity contribution in [3.8, 4) is 34.0 Å². The lowest BCUT2D eigenvalue weighted by Gasteiger charge is -2.33. The van der Waals surface area contributed by atoms with E-state index in [0.29, 0.717) is 11.6 Å². The van der Waals surface area contributed by atoms with Gasteiger partial charge in [0.1, 0.15) is 5.75 Å². The zero-order chi connectivity index (χ0) is 27.4. The fraction of sp³-hybridized carbons (Fsp3) is 0.0833. The van der Waals surface area contributed by atoms with Crippen LogP contribution >= 0.6 is 0 Å². The lowest BCUT2D eigenvalue weighted by Crippen LogP contribution is -2.32. The number of aromatic nitrogens is 1. The van der Waals surface area contributed by atoms with E-state index in [1.165, 1.54) is 0 Å². The average molecular weight is 524 g/mol. The summed E-state index contributed by atoms with van der Waals surface area (Å²) in [6.45, 7) is 0. The van der Waals surface area contributed by atoms with Crippen LogP contribution in [0.5, 0.6) is 11.6 Å². The van der Waals surface area contributed by atoms with Gasteiger partial charge in [0, 0.05) is 36.3 Å². The number of fused-ring (bicyclic) bond motifs is 1. The van der Waals surface area contributed by atoms with Gasteiger partial charge in [0.2, 0.25) is 11.7 Å². The molecule has 0 saturated heterocycles. The Morgan fingerprint density at radius 3 is 1.70 bits per heavy atom. The van der Waals surface area contributed by atoms with Gasteiger partial charge in [-0.1, -0.05) is 121 Å². The molecule has 0 atom stereocenters. The summed E-state index contributed by atoms with van der Waals surface area (Å²) in [6.07, 6.45) is 0. The molecule has 0 spiro atoms. The van der Waals surface area contributed by atoms with Gasteiger partial charge in [-0.3, -0.25) is 0 Å². The fourth-order valence-electron chi connectivity index (χ4n) is 5.30. The van der Waals surface area contributed by atoms with Crippen LogP contribution in [-0.4, -0.2) is 19.2 Å². The van der Waals surface area contributed by atoms with Crippen LogP contribution in [0.25, 0.3) is 33.2 Å². The highest BCUT2D eigenvalue weighted by Crippen LogP contribution is 2.44. The minimum absolute atomic E-state index is 0.510. The maximum Gasteiger partial charge on any atom is 0.227 e. The maximum atomic E-state index is 6.74. The molecule has 0 aliphatic rings. The summed E-state index contributed by atoms with van der Waals surface area (Å²) >= 11 is 0. The van der Waals surface area contributed by atoms with Gasteiger partial charge < -0.3 is 14.2 Å². The first-order chi connectivity index (χ1) is 19.7. The van der Waals surface area contributed by atoms with Crippen LogP contribution in [-0.2, 0) is 15.3 Å². The lowest BCUT2D eigenvalue weighted by atomic mass is 9.94. The molecule has 0 fully saturated rings. The summed E-state index contributed by atoms with van der Waals surface area (Å²) in [5.74, 6) is -0.0604. The first-order valence-electron chi connectivity index (χ1n) is 13.2. The first kappa shape index (κ1) is 25.5. The second kappa shape index (κ2) is 11.1. The fourth-order valence-corrected chi connectivity index (χ4v) is 5.30. The SMILES string of the molecule is COC(OC)(c1ccccc1)c1ccccc1Oc1nc(-c2ccccc2)c(-c2ccccc2)c2ccccc12. The number of methoxy groups -OCH3 is 2. The second-order valence-corrected chi connectivity index (χ2v) is 9.41. The van der Waals surface area contributed by atoms with Crippen molar-refractivity contribution in [3.63, 3.8) is 0 Å². The molecule has 5 aromatic carbocycles. The van der Waals surface area contributed by atoms with Crippen molar-refractivity contribution in [3.05, 3.63) is 151 Å². The van der Waals surface area contributed by atoms with E-state index in [4.69, 9.17) is 19.2 Å². The molecule has 0 aliphatic carbocycles. The average Bonchev–Trinajstić information content (AvgIpc) is 3.04. The Morgan fingerprint density at radius 2 is 1.05 bits per heavy atom. The minimum atomic E-state index is -1.17. The summed E-state index contributed by atoms with van der Waals surface area (Å²) in [5, 5.41) is 1.97. The molecular formula is C36H29NO3. The second-order valence-electron chi connectivity index (χ2n) is 9.41. The Morgan fingerprint density at radius 1 is 0.525 bits per heavy atom. The smallest absolute Gasteiger partial charge is 0.227 e. The molecule has 196 valence electrons. The third kappa shape index (κ3) is 4.54. The molecule has 1 aromatic heterocycles. The van der Waals surface area contributed by atoms with Gasteiger partial charge >= 0.3 is 0 Å². The van der Waals surface area contributed by atoms with Crippen molar-refractivity contribution in [2.45, 2.75) is 5.79 Å². The zero-order valence-corrected chi connectivity index (χ0v) is 22.5. The normalized spacial score (nSPS) is 11.4. The topological polar surface area (TPSA) is 40.6 Å². The van der Waals surface area contributed by atoms with E-state index < -0.39 is 5.79 Å². The predicted octanol–water partition coefficient (Wildman–Crippen LogP) is 8.86. The highest BCUT2D eigenvalue weighted by atomic mass is 16.7. The molecule has 1 heterocycles. The predicted molar refractivity (Wildman–Crippen MR) is 160 cm³/mol. The molecule has 40 heavy (non-hydrogen) atoms. The molecule has 4 heteroatoms. The summed E-state index contributed by atoms with van der Waals surface area (Å²) in [4.78, 5) is 5.19. The quantitative estimate of drug-likeness (QED) is 0.187. The number of para-hydroxylation sites is 1. The highest BCUT2D eigenvalue weighted by molar-refractivity contribution is 6.04. The van der Waals surface area contributed by atoms with Crippen LogP contribution < -0.4 is 4.74 Å². The third-order valence-electron chi connectivity index (χ3n) is 7.16. The Balaban J connectivity index is 1.58. The van der Waals surface area contributed by atoms with Crippen molar-refractivity contribution in [1.82, 2.24) is 4.98 Å². The summed E-state index contributed by atoms with van der Waals surface area (Å²) in [7, 11) is 3.28. The number of pyridine rings is 1. The van der Waals surface area contributed by atoms with Gasteiger partial charge in [0.25, 0.3) is 0 Å². The summed E-state index contributed by atoms with van der Waals surface area (Å²) in [5.41, 5.74) is 5.63. The van der Waals surface area contributed by atoms with Gasteiger partial charge in [-0.2, -0.15) is 0 Å². The van der Waals surface area contributed by atoms with E-state index in [1.54, 1.807) is 14.2 Å². The van der Waals surface area contributed by atoms with Crippen molar-refractivity contribution in [2.24, 2.45) is 0 Å². The Kier molecular flexibility index (Phi) is 7.11. The highest BCUT2D eigenvalue weighted by Gasteiger charge is 2.37. The van der Waals surface area contributed by atoms with Gasteiger partial charge in [-0.05, 0) is 29.1 Å². The number of ether oxygens (including phenoxy) is 3.